The standard InChI is InChI=1S/C17H33NO/c1-5-15-7-6-10-18(15)12-13-11-14(17(2,3)4)8-9-16(13)19/h13-16,19H,5-12H2,1-4H3. The Kier molecular flexibility index (Phi) is 4.94. The van der Waals surface area contributed by atoms with E-state index in [9.17, 15) is 5.11 Å². The predicted octanol–water partition coefficient (Wildman–Crippen LogP) is 3.68. The molecule has 4 atom stereocenters. The zero-order valence-electron chi connectivity index (χ0n) is 13.4. The van der Waals surface area contributed by atoms with E-state index in [1.165, 1.54) is 38.6 Å². The number of nitrogens with zero attached hydrogens (tertiary/aromatic N) is 1. The van der Waals surface area contributed by atoms with Gasteiger partial charge in [-0.25, -0.2) is 0 Å². The maximum atomic E-state index is 10.3. The highest BCUT2D eigenvalue weighted by Crippen LogP contribution is 2.41. The molecule has 0 aromatic heterocycles. The van der Waals surface area contributed by atoms with Gasteiger partial charge in [-0.15, -0.1) is 0 Å². The summed E-state index contributed by atoms with van der Waals surface area (Å²) in [6.07, 6.45) is 7.36. The molecule has 1 aliphatic heterocycles. The fourth-order valence-electron chi connectivity index (χ4n) is 4.13. The molecule has 0 aromatic carbocycles. The van der Waals surface area contributed by atoms with E-state index in [4.69, 9.17) is 0 Å². The smallest absolute Gasteiger partial charge is 0.0580 e. The van der Waals surface area contributed by atoms with E-state index in [1.54, 1.807) is 0 Å². The minimum absolute atomic E-state index is 0.0586. The third kappa shape index (κ3) is 3.72. The lowest BCUT2D eigenvalue weighted by molar-refractivity contribution is 0.00135. The van der Waals surface area contributed by atoms with Crippen molar-refractivity contribution in [2.24, 2.45) is 17.3 Å². The molecule has 4 unspecified atom stereocenters. The Morgan fingerprint density at radius 3 is 2.53 bits per heavy atom. The van der Waals surface area contributed by atoms with Crippen molar-refractivity contribution in [2.45, 2.75) is 78.4 Å². The maximum absolute atomic E-state index is 10.3. The summed E-state index contributed by atoms with van der Waals surface area (Å²) in [5, 5.41) is 10.3. The van der Waals surface area contributed by atoms with E-state index < -0.39 is 0 Å². The summed E-state index contributed by atoms with van der Waals surface area (Å²) in [4.78, 5) is 2.65. The van der Waals surface area contributed by atoms with Gasteiger partial charge in [0.1, 0.15) is 0 Å². The van der Waals surface area contributed by atoms with Crippen LogP contribution in [-0.2, 0) is 0 Å². The highest BCUT2D eigenvalue weighted by Gasteiger charge is 2.37. The minimum atomic E-state index is -0.0586. The summed E-state index contributed by atoms with van der Waals surface area (Å²) < 4.78 is 0. The lowest BCUT2D eigenvalue weighted by atomic mass is 9.68. The van der Waals surface area contributed by atoms with Crippen molar-refractivity contribution in [1.29, 1.82) is 0 Å². The van der Waals surface area contributed by atoms with Crippen molar-refractivity contribution < 1.29 is 5.11 Å². The normalized spacial score (nSPS) is 37.7. The van der Waals surface area contributed by atoms with Gasteiger partial charge < -0.3 is 10.0 Å². The molecule has 1 heterocycles. The van der Waals surface area contributed by atoms with Crippen LogP contribution in [0.2, 0.25) is 0 Å². The highest BCUT2D eigenvalue weighted by atomic mass is 16.3. The molecule has 2 heteroatoms. The third-order valence-electron chi connectivity index (χ3n) is 5.61. The molecule has 2 fully saturated rings. The van der Waals surface area contributed by atoms with Gasteiger partial charge in [-0.05, 0) is 62.3 Å². The molecule has 0 bridgehead atoms. The Morgan fingerprint density at radius 2 is 1.89 bits per heavy atom. The summed E-state index contributed by atoms with van der Waals surface area (Å²) in [5.74, 6) is 1.29. The fourth-order valence-corrected chi connectivity index (χ4v) is 4.13. The Labute approximate surface area is 119 Å². The lowest BCUT2D eigenvalue weighted by Crippen LogP contribution is -2.42. The molecule has 19 heavy (non-hydrogen) atoms. The van der Waals surface area contributed by atoms with Crippen LogP contribution >= 0.6 is 0 Å². The first kappa shape index (κ1) is 15.3. The monoisotopic (exact) mass is 267 g/mol. The van der Waals surface area contributed by atoms with Gasteiger partial charge in [-0.1, -0.05) is 27.7 Å². The van der Waals surface area contributed by atoms with Crippen LogP contribution in [0.4, 0.5) is 0 Å². The van der Waals surface area contributed by atoms with E-state index in [0.29, 0.717) is 11.3 Å². The van der Waals surface area contributed by atoms with Gasteiger partial charge in [0.2, 0.25) is 0 Å². The maximum Gasteiger partial charge on any atom is 0.0580 e. The van der Waals surface area contributed by atoms with Crippen LogP contribution in [0.15, 0.2) is 0 Å². The first-order chi connectivity index (χ1) is 8.91. The third-order valence-corrected chi connectivity index (χ3v) is 5.61. The van der Waals surface area contributed by atoms with Gasteiger partial charge in [0.15, 0.2) is 0 Å². The second kappa shape index (κ2) is 6.13. The second-order valence-corrected chi connectivity index (χ2v) is 7.90. The van der Waals surface area contributed by atoms with Crippen LogP contribution in [-0.4, -0.2) is 35.2 Å². The largest absolute Gasteiger partial charge is 0.393 e. The molecule has 2 nitrogen and oxygen atoms in total. The number of hydrogen-bond acceptors (Lipinski definition) is 2. The Hall–Kier alpha value is -0.0800. The Morgan fingerprint density at radius 1 is 1.16 bits per heavy atom. The van der Waals surface area contributed by atoms with E-state index in [1.807, 2.05) is 0 Å². The van der Waals surface area contributed by atoms with Crippen molar-refractivity contribution >= 4 is 0 Å². The van der Waals surface area contributed by atoms with Crippen molar-refractivity contribution in [3.05, 3.63) is 0 Å². The van der Waals surface area contributed by atoms with Crippen molar-refractivity contribution in [2.75, 3.05) is 13.1 Å². The van der Waals surface area contributed by atoms with Gasteiger partial charge >= 0.3 is 0 Å². The average molecular weight is 267 g/mol. The van der Waals surface area contributed by atoms with E-state index in [-0.39, 0.29) is 6.10 Å². The van der Waals surface area contributed by atoms with Gasteiger partial charge in [0.05, 0.1) is 6.10 Å². The molecule has 2 aliphatic rings. The molecule has 1 aliphatic carbocycles. The Bertz CT molecular complexity index is 283. The molecule has 2 rings (SSSR count). The SMILES string of the molecule is CCC1CCCN1CC1CC(C(C)(C)C)CCC1O. The topological polar surface area (TPSA) is 23.5 Å². The zero-order chi connectivity index (χ0) is 14.0. The quantitative estimate of drug-likeness (QED) is 0.843. The number of rotatable bonds is 3. The fraction of sp³-hybridized carbons (Fsp3) is 1.00. The summed E-state index contributed by atoms with van der Waals surface area (Å²) >= 11 is 0. The van der Waals surface area contributed by atoms with Crippen LogP contribution in [0, 0.1) is 17.3 Å². The molecular formula is C17H33NO. The van der Waals surface area contributed by atoms with E-state index in [2.05, 4.69) is 32.6 Å². The van der Waals surface area contributed by atoms with Crippen LogP contribution in [0.3, 0.4) is 0 Å². The van der Waals surface area contributed by atoms with Crippen molar-refractivity contribution in [3.8, 4) is 0 Å². The van der Waals surface area contributed by atoms with Crippen molar-refractivity contribution in [3.63, 3.8) is 0 Å². The second-order valence-electron chi connectivity index (χ2n) is 7.90. The van der Waals surface area contributed by atoms with Crippen LogP contribution in [0.25, 0.3) is 0 Å². The Balaban J connectivity index is 1.94. The summed E-state index contributed by atoms with van der Waals surface area (Å²) in [5.41, 5.74) is 0.396. The molecule has 1 saturated carbocycles. The number of likely N-dealkylation sites (tertiary alicyclic amines) is 1. The van der Waals surface area contributed by atoms with Crippen LogP contribution < -0.4 is 0 Å². The zero-order valence-corrected chi connectivity index (χ0v) is 13.4. The van der Waals surface area contributed by atoms with Gasteiger partial charge in [-0.3, -0.25) is 0 Å². The summed E-state index contributed by atoms with van der Waals surface area (Å²) in [6, 6.07) is 0.780. The molecule has 0 spiro atoms. The molecule has 0 radical (unpaired) electrons. The first-order valence-electron chi connectivity index (χ1n) is 8.34. The molecule has 1 saturated heterocycles. The molecule has 0 aromatic rings. The number of hydrogen-bond donors (Lipinski definition) is 1. The molecule has 112 valence electrons. The molecule has 0 amide bonds. The molecular weight excluding hydrogens is 234 g/mol. The number of aliphatic hydroxyl groups is 1. The molecule has 1 N–H and O–H groups in total. The lowest BCUT2D eigenvalue weighted by Gasteiger charge is -2.42. The average Bonchev–Trinajstić information content (AvgIpc) is 2.77. The predicted molar refractivity (Wildman–Crippen MR) is 81.2 cm³/mol. The first-order valence-corrected chi connectivity index (χ1v) is 8.34. The minimum Gasteiger partial charge on any atom is -0.393 e. The summed E-state index contributed by atoms with van der Waals surface area (Å²) in [7, 11) is 0. The van der Waals surface area contributed by atoms with Crippen molar-refractivity contribution in [1.82, 2.24) is 4.90 Å². The highest BCUT2D eigenvalue weighted by molar-refractivity contribution is 4.89. The van der Waals surface area contributed by atoms with Crippen LogP contribution in [0.1, 0.15) is 66.2 Å². The van der Waals surface area contributed by atoms with Gasteiger partial charge in [0, 0.05) is 12.6 Å². The number of aliphatic hydroxyl groups excluding tert-OH is 1. The summed E-state index contributed by atoms with van der Waals surface area (Å²) in [6.45, 7) is 11.8. The van der Waals surface area contributed by atoms with E-state index in [0.717, 1.165) is 24.9 Å². The van der Waals surface area contributed by atoms with Crippen LogP contribution in [0.5, 0.6) is 0 Å². The van der Waals surface area contributed by atoms with E-state index >= 15 is 0 Å². The van der Waals surface area contributed by atoms with Gasteiger partial charge in [0.25, 0.3) is 0 Å². The van der Waals surface area contributed by atoms with Gasteiger partial charge in [-0.2, -0.15) is 0 Å².